The average Bonchev–Trinajstić information content (AvgIpc) is 3.02. The molecule has 5 heteroatoms. The molecule has 4 nitrogen and oxygen atoms in total. The zero-order valence-corrected chi connectivity index (χ0v) is 17.9. The van der Waals surface area contributed by atoms with E-state index in [1.54, 1.807) is 42.5 Å². The van der Waals surface area contributed by atoms with Crippen LogP contribution in [0.4, 0.5) is 5.69 Å². The van der Waals surface area contributed by atoms with E-state index in [-0.39, 0.29) is 18.7 Å². The molecule has 0 saturated carbocycles. The van der Waals surface area contributed by atoms with Gasteiger partial charge in [0, 0.05) is 16.1 Å². The van der Waals surface area contributed by atoms with Gasteiger partial charge in [-0.1, -0.05) is 78.3 Å². The molecule has 0 fully saturated rings. The molecule has 0 spiro atoms. The maximum atomic E-state index is 13.4. The second-order valence-corrected chi connectivity index (χ2v) is 8.49. The van der Waals surface area contributed by atoms with Gasteiger partial charge < -0.3 is 10.0 Å². The third-order valence-electron chi connectivity index (χ3n) is 5.98. The summed E-state index contributed by atoms with van der Waals surface area (Å²) in [6.45, 7) is 0.277. The van der Waals surface area contributed by atoms with Crippen LogP contribution >= 0.6 is 11.6 Å². The van der Waals surface area contributed by atoms with Crippen LogP contribution in [0.3, 0.4) is 0 Å². The largest absolute Gasteiger partial charge is 0.375 e. The molecule has 1 unspecified atom stereocenters. The first-order chi connectivity index (χ1) is 15.5. The molecular formula is C27H20ClNO3. The van der Waals surface area contributed by atoms with Crippen molar-refractivity contribution >= 4 is 39.8 Å². The molecule has 1 heterocycles. The number of hydrogen-bond donors (Lipinski definition) is 1. The molecule has 158 valence electrons. The molecular weight excluding hydrogens is 422 g/mol. The zero-order valence-electron chi connectivity index (χ0n) is 17.2. The highest BCUT2D eigenvalue weighted by Gasteiger charge is 2.50. The standard InChI is InChI=1S/C27H20ClNO3/c28-22-13-9-18(10-14-22)17-29-24-8-4-3-7-23(24)27(32,26(29)31)16-25(30)21-12-11-19-5-1-2-6-20(19)15-21/h1-15,32H,16-17H2. The second kappa shape index (κ2) is 7.90. The molecule has 1 aliphatic heterocycles. The number of para-hydroxylation sites is 1. The molecule has 1 atom stereocenters. The zero-order chi connectivity index (χ0) is 22.3. The molecule has 1 aliphatic rings. The topological polar surface area (TPSA) is 57.6 Å². The summed E-state index contributed by atoms with van der Waals surface area (Å²) in [4.78, 5) is 28.1. The fourth-order valence-electron chi connectivity index (χ4n) is 4.30. The van der Waals surface area contributed by atoms with Gasteiger partial charge in [-0.25, -0.2) is 0 Å². The Hall–Kier alpha value is -3.47. The number of anilines is 1. The van der Waals surface area contributed by atoms with Gasteiger partial charge in [-0.15, -0.1) is 0 Å². The molecule has 0 aliphatic carbocycles. The Morgan fingerprint density at radius 1 is 0.875 bits per heavy atom. The summed E-state index contributed by atoms with van der Waals surface area (Å²) in [5.74, 6) is -0.780. The minimum atomic E-state index is -1.91. The van der Waals surface area contributed by atoms with E-state index < -0.39 is 11.5 Å². The molecule has 4 aromatic rings. The van der Waals surface area contributed by atoms with Crippen molar-refractivity contribution in [2.24, 2.45) is 0 Å². The first-order valence-electron chi connectivity index (χ1n) is 10.4. The Morgan fingerprint density at radius 2 is 1.56 bits per heavy atom. The van der Waals surface area contributed by atoms with Gasteiger partial charge in [0.15, 0.2) is 11.4 Å². The van der Waals surface area contributed by atoms with Crippen LogP contribution in [-0.2, 0) is 16.9 Å². The predicted molar refractivity (Wildman–Crippen MR) is 126 cm³/mol. The fourth-order valence-corrected chi connectivity index (χ4v) is 4.43. The summed E-state index contributed by atoms with van der Waals surface area (Å²) < 4.78 is 0. The van der Waals surface area contributed by atoms with Gasteiger partial charge in [0.1, 0.15) is 0 Å². The maximum absolute atomic E-state index is 13.4. The lowest BCUT2D eigenvalue weighted by Crippen LogP contribution is -2.41. The first kappa shape index (κ1) is 20.4. The van der Waals surface area contributed by atoms with Gasteiger partial charge in [0.05, 0.1) is 18.7 Å². The highest BCUT2D eigenvalue weighted by Crippen LogP contribution is 2.43. The minimum absolute atomic E-state index is 0.277. The molecule has 1 amide bonds. The molecule has 0 aromatic heterocycles. The van der Waals surface area contributed by atoms with Crippen LogP contribution in [0.2, 0.25) is 5.02 Å². The monoisotopic (exact) mass is 441 g/mol. The van der Waals surface area contributed by atoms with Gasteiger partial charge in [-0.2, -0.15) is 0 Å². The number of rotatable bonds is 5. The molecule has 5 rings (SSSR count). The molecule has 0 bridgehead atoms. The third kappa shape index (κ3) is 3.48. The summed E-state index contributed by atoms with van der Waals surface area (Å²) in [5.41, 5.74) is 0.502. The number of nitrogens with zero attached hydrogens (tertiary/aromatic N) is 1. The first-order valence-corrected chi connectivity index (χ1v) is 10.7. The SMILES string of the molecule is O=C(CC1(O)C(=O)N(Cc2ccc(Cl)cc2)c2ccccc21)c1ccc2ccccc2c1. The number of fused-ring (bicyclic) bond motifs is 2. The third-order valence-corrected chi connectivity index (χ3v) is 6.23. The smallest absolute Gasteiger partial charge is 0.264 e. The molecule has 32 heavy (non-hydrogen) atoms. The van der Waals surface area contributed by atoms with E-state index in [9.17, 15) is 14.7 Å². The summed E-state index contributed by atoms with van der Waals surface area (Å²) in [6, 6.07) is 27.5. The van der Waals surface area contributed by atoms with Crippen LogP contribution in [0, 0.1) is 0 Å². The average molecular weight is 442 g/mol. The van der Waals surface area contributed by atoms with Crippen molar-refractivity contribution in [3.05, 3.63) is 113 Å². The van der Waals surface area contributed by atoms with Crippen LogP contribution in [0.25, 0.3) is 10.8 Å². The number of carbonyl (C=O) groups excluding carboxylic acids is 2. The number of hydrogen-bond acceptors (Lipinski definition) is 3. The molecule has 4 aromatic carbocycles. The van der Waals surface area contributed by atoms with Crippen molar-refractivity contribution in [2.75, 3.05) is 4.90 Å². The quantitative estimate of drug-likeness (QED) is 0.416. The number of halogens is 1. The number of benzene rings is 4. The minimum Gasteiger partial charge on any atom is -0.375 e. The lowest BCUT2D eigenvalue weighted by molar-refractivity contribution is -0.136. The van der Waals surface area contributed by atoms with E-state index in [0.29, 0.717) is 21.8 Å². The van der Waals surface area contributed by atoms with E-state index in [0.717, 1.165) is 16.3 Å². The lowest BCUT2D eigenvalue weighted by Gasteiger charge is -2.23. The van der Waals surface area contributed by atoms with E-state index in [1.807, 2.05) is 48.5 Å². The van der Waals surface area contributed by atoms with Crippen LogP contribution in [-0.4, -0.2) is 16.8 Å². The van der Waals surface area contributed by atoms with E-state index in [2.05, 4.69) is 0 Å². The van der Waals surface area contributed by atoms with E-state index >= 15 is 0 Å². The number of ketones is 1. The second-order valence-electron chi connectivity index (χ2n) is 8.06. The Labute approximate surface area is 190 Å². The molecule has 1 N–H and O–H groups in total. The van der Waals surface area contributed by atoms with Crippen LogP contribution < -0.4 is 4.90 Å². The van der Waals surface area contributed by atoms with Crippen molar-refractivity contribution in [3.63, 3.8) is 0 Å². The van der Waals surface area contributed by atoms with Crippen LogP contribution in [0.5, 0.6) is 0 Å². The van der Waals surface area contributed by atoms with Crippen molar-refractivity contribution in [2.45, 2.75) is 18.6 Å². The highest BCUT2D eigenvalue weighted by atomic mass is 35.5. The van der Waals surface area contributed by atoms with Crippen molar-refractivity contribution in [1.82, 2.24) is 0 Å². The fraction of sp³-hybridized carbons (Fsp3) is 0.111. The normalized spacial score (nSPS) is 17.6. The lowest BCUT2D eigenvalue weighted by atomic mass is 9.88. The van der Waals surface area contributed by atoms with Crippen molar-refractivity contribution in [3.8, 4) is 0 Å². The van der Waals surface area contributed by atoms with Gasteiger partial charge in [0.2, 0.25) is 0 Å². The predicted octanol–water partition coefficient (Wildman–Crippen LogP) is 5.50. The van der Waals surface area contributed by atoms with E-state index in [1.165, 1.54) is 4.90 Å². The summed E-state index contributed by atoms with van der Waals surface area (Å²) in [7, 11) is 0. The van der Waals surface area contributed by atoms with Crippen molar-refractivity contribution < 1.29 is 14.7 Å². The number of aliphatic hydroxyl groups is 1. The van der Waals surface area contributed by atoms with Gasteiger partial charge in [-0.3, -0.25) is 9.59 Å². The highest BCUT2D eigenvalue weighted by molar-refractivity contribution is 6.30. The van der Waals surface area contributed by atoms with Gasteiger partial charge in [0.25, 0.3) is 5.91 Å². The Balaban J connectivity index is 1.47. The summed E-state index contributed by atoms with van der Waals surface area (Å²) >= 11 is 5.98. The summed E-state index contributed by atoms with van der Waals surface area (Å²) in [6.07, 6.45) is -0.321. The van der Waals surface area contributed by atoms with E-state index in [4.69, 9.17) is 11.6 Å². The van der Waals surface area contributed by atoms with Crippen molar-refractivity contribution in [1.29, 1.82) is 0 Å². The Kier molecular flexibility index (Phi) is 5.04. The van der Waals surface area contributed by atoms with Crippen LogP contribution in [0.15, 0.2) is 91.0 Å². The summed E-state index contributed by atoms with van der Waals surface area (Å²) in [5, 5.41) is 14.1. The Morgan fingerprint density at radius 3 is 2.34 bits per heavy atom. The number of Topliss-reactive ketones (excluding diaryl/α,β-unsaturated/α-hetero) is 1. The molecule has 0 radical (unpaired) electrons. The van der Waals surface area contributed by atoms with Gasteiger partial charge >= 0.3 is 0 Å². The number of carbonyl (C=O) groups is 2. The van der Waals surface area contributed by atoms with Crippen LogP contribution in [0.1, 0.15) is 27.9 Å². The maximum Gasteiger partial charge on any atom is 0.264 e. The molecule has 0 saturated heterocycles. The number of amides is 1. The Bertz CT molecular complexity index is 1350. The van der Waals surface area contributed by atoms with Gasteiger partial charge in [-0.05, 0) is 40.6 Å².